The zero-order valence-corrected chi connectivity index (χ0v) is 16.0. The van der Waals surface area contributed by atoms with E-state index in [9.17, 15) is 9.18 Å². The number of pyridine rings is 2. The van der Waals surface area contributed by atoms with Crippen molar-refractivity contribution in [2.45, 2.75) is 12.8 Å². The van der Waals surface area contributed by atoms with E-state index in [4.69, 9.17) is 5.26 Å². The number of nitriles is 1. The van der Waals surface area contributed by atoms with E-state index < -0.39 is 5.82 Å². The number of hydrogen-bond donors (Lipinski definition) is 1. The summed E-state index contributed by atoms with van der Waals surface area (Å²) >= 11 is 0. The number of carbonyl (C=O) groups excluding carboxylic acids is 1. The lowest BCUT2D eigenvalue weighted by Crippen LogP contribution is -2.40. The molecule has 4 heterocycles. The van der Waals surface area contributed by atoms with E-state index in [0.29, 0.717) is 31.1 Å². The van der Waals surface area contributed by atoms with Crippen LogP contribution in [-0.4, -0.2) is 50.2 Å². The zero-order valence-electron chi connectivity index (χ0n) is 16.0. The molecular weight excluding hydrogens is 373 g/mol. The summed E-state index contributed by atoms with van der Waals surface area (Å²) in [4.78, 5) is 22.9. The van der Waals surface area contributed by atoms with E-state index in [1.807, 2.05) is 24.1 Å². The Bertz CT molecular complexity index is 1100. The molecule has 1 aliphatic rings. The van der Waals surface area contributed by atoms with Gasteiger partial charge in [0.1, 0.15) is 6.07 Å². The van der Waals surface area contributed by atoms with Gasteiger partial charge in [-0.2, -0.15) is 10.4 Å². The highest BCUT2D eigenvalue weighted by molar-refractivity contribution is 5.96. The van der Waals surface area contributed by atoms with Gasteiger partial charge >= 0.3 is 0 Å². The molecule has 1 saturated heterocycles. The summed E-state index contributed by atoms with van der Waals surface area (Å²) < 4.78 is 15.6. The second-order valence-electron chi connectivity index (χ2n) is 7.19. The predicted octanol–water partition coefficient (Wildman–Crippen LogP) is 2.34. The van der Waals surface area contributed by atoms with Crippen LogP contribution in [0.5, 0.6) is 0 Å². The van der Waals surface area contributed by atoms with Gasteiger partial charge in [0.2, 0.25) is 0 Å². The van der Waals surface area contributed by atoms with Gasteiger partial charge in [-0.25, -0.2) is 14.4 Å². The number of piperidine rings is 1. The Morgan fingerprint density at radius 3 is 2.79 bits per heavy atom. The number of rotatable bonds is 4. The quantitative estimate of drug-likeness (QED) is 0.730. The molecule has 8 nitrogen and oxygen atoms in total. The number of fused-ring (bicyclic) bond motifs is 1. The molecule has 29 heavy (non-hydrogen) atoms. The van der Waals surface area contributed by atoms with E-state index in [1.165, 1.54) is 12.3 Å². The summed E-state index contributed by atoms with van der Waals surface area (Å²) in [5.41, 5.74) is 1.50. The summed E-state index contributed by atoms with van der Waals surface area (Å²) in [7, 11) is 1.81. The van der Waals surface area contributed by atoms with Crippen molar-refractivity contribution in [3.05, 3.63) is 47.7 Å². The fourth-order valence-corrected chi connectivity index (χ4v) is 3.55. The number of nitrogens with one attached hydrogen (secondary N) is 1. The van der Waals surface area contributed by atoms with Crippen LogP contribution in [0, 0.1) is 23.1 Å². The number of aromatic nitrogens is 4. The molecule has 0 bridgehead atoms. The number of carbonyl (C=O) groups is 1. The van der Waals surface area contributed by atoms with Crippen LogP contribution in [0.25, 0.3) is 11.0 Å². The Balaban J connectivity index is 1.32. The van der Waals surface area contributed by atoms with Crippen molar-refractivity contribution < 1.29 is 9.18 Å². The van der Waals surface area contributed by atoms with Gasteiger partial charge in [-0.05, 0) is 30.9 Å². The molecule has 148 valence electrons. The third-order valence-electron chi connectivity index (χ3n) is 5.25. The largest absolute Gasteiger partial charge is 0.367 e. The molecule has 0 spiro atoms. The van der Waals surface area contributed by atoms with Crippen LogP contribution in [0.1, 0.15) is 28.8 Å². The van der Waals surface area contributed by atoms with Crippen LogP contribution >= 0.6 is 0 Å². The lowest BCUT2D eigenvalue weighted by molar-refractivity contribution is 0.0694. The van der Waals surface area contributed by atoms with Gasteiger partial charge < -0.3 is 10.2 Å². The summed E-state index contributed by atoms with van der Waals surface area (Å²) in [6.07, 6.45) is 6.28. The van der Waals surface area contributed by atoms with Gasteiger partial charge in [0.05, 0.1) is 17.3 Å². The van der Waals surface area contributed by atoms with Crippen molar-refractivity contribution in [2.24, 2.45) is 13.0 Å². The average Bonchev–Trinajstić information content (AvgIpc) is 3.13. The molecule has 4 rings (SSSR count). The standard InChI is InChI=1S/C20H20FN7O/c1-27-19-15(12-26-27)7-16(11-25-19)20(29)28-4-2-13(3-5-28)9-23-18-17(21)6-14(8-22)10-24-18/h6-7,10-13H,2-5,9H2,1H3,(H,23,24). The molecule has 0 unspecified atom stereocenters. The van der Waals surface area contributed by atoms with E-state index in [2.05, 4.69) is 20.4 Å². The molecule has 1 N–H and O–H groups in total. The van der Waals surface area contributed by atoms with Gasteiger partial charge in [0.15, 0.2) is 17.3 Å². The van der Waals surface area contributed by atoms with Crippen molar-refractivity contribution in [1.82, 2.24) is 24.6 Å². The maximum Gasteiger partial charge on any atom is 0.255 e. The lowest BCUT2D eigenvalue weighted by atomic mass is 9.96. The zero-order chi connectivity index (χ0) is 20.4. The van der Waals surface area contributed by atoms with Crippen LogP contribution in [0.2, 0.25) is 0 Å². The second-order valence-corrected chi connectivity index (χ2v) is 7.19. The van der Waals surface area contributed by atoms with Crippen LogP contribution in [-0.2, 0) is 7.05 Å². The molecule has 0 aliphatic carbocycles. The Labute approximate surface area is 167 Å². The molecule has 0 atom stereocenters. The second kappa shape index (κ2) is 7.83. The highest BCUT2D eigenvalue weighted by Gasteiger charge is 2.24. The summed E-state index contributed by atoms with van der Waals surface area (Å²) in [6, 6.07) is 4.86. The lowest BCUT2D eigenvalue weighted by Gasteiger charge is -2.32. The van der Waals surface area contributed by atoms with Crippen LogP contribution in [0.4, 0.5) is 10.2 Å². The molecule has 9 heteroatoms. The topological polar surface area (TPSA) is 99.7 Å². The molecule has 3 aromatic heterocycles. The molecule has 1 aliphatic heterocycles. The third kappa shape index (κ3) is 3.87. The normalized spacial score (nSPS) is 14.7. The first-order chi connectivity index (χ1) is 14.0. The van der Waals surface area contributed by atoms with Crippen molar-refractivity contribution in [3.8, 4) is 6.07 Å². The van der Waals surface area contributed by atoms with Gasteiger partial charge in [-0.15, -0.1) is 0 Å². The van der Waals surface area contributed by atoms with Crippen molar-refractivity contribution in [1.29, 1.82) is 5.26 Å². The number of hydrogen-bond acceptors (Lipinski definition) is 6. The number of anilines is 1. The Hall–Kier alpha value is -3.54. The molecule has 1 amide bonds. The highest BCUT2D eigenvalue weighted by Crippen LogP contribution is 2.21. The molecule has 0 aromatic carbocycles. The first kappa shape index (κ1) is 18.8. The third-order valence-corrected chi connectivity index (χ3v) is 5.25. The van der Waals surface area contributed by atoms with E-state index in [0.717, 1.165) is 23.9 Å². The van der Waals surface area contributed by atoms with Crippen molar-refractivity contribution in [2.75, 3.05) is 25.0 Å². The molecule has 0 saturated carbocycles. The predicted molar refractivity (Wildman–Crippen MR) is 105 cm³/mol. The van der Waals surface area contributed by atoms with Gasteiger partial charge in [-0.3, -0.25) is 9.48 Å². The fraction of sp³-hybridized carbons (Fsp3) is 0.350. The number of likely N-dealkylation sites (tertiary alicyclic amines) is 1. The average molecular weight is 393 g/mol. The fourth-order valence-electron chi connectivity index (χ4n) is 3.55. The van der Waals surface area contributed by atoms with E-state index in [-0.39, 0.29) is 17.3 Å². The van der Waals surface area contributed by atoms with Gasteiger partial charge in [0.25, 0.3) is 5.91 Å². The summed E-state index contributed by atoms with van der Waals surface area (Å²) in [5, 5.41) is 16.8. The molecule has 0 radical (unpaired) electrons. The minimum absolute atomic E-state index is 0.0329. The van der Waals surface area contributed by atoms with E-state index in [1.54, 1.807) is 17.1 Å². The maximum absolute atomic E-state index is 13.9. The molecule has 3 aromatic rings. The Kier molecular flexibility index (Phi) is 5.08. The maximum atomic E-state index is 13.9. The number of amides is 1. The first-order valence-corrected chi connectivity index (χ1v) is 9.41. The van der Waals surface area contributed by atoms with Crippen LogP contribution in [0.3, 0.4) is 0 Å². The number of aryl methyl sites for hydroxylation is 1. The first-order valence-electron chi connectivity index (χ1n) is 9.41. The Morgan fingerprint density at radius 1 is 1.28 bits per heavy atom. The smallest absolute Gasteiger partial charge is 0.255 e. The van der Waals surface area contributed by atoms with Gasteiger partial charge in [-0.1, -0.05) is 0 Å². The summed E-state index contributed by atoms with van der Waals surface area (Å²) in [6.45, 7) is 1.85. The minimum atomic E-state index is -0.532. The number of nitrogens with zero attached hydrogens (tertiary/aromatic N) is 6. The SMILES string of the molecule is Cn1ncc2cc(C(=O)N3CCC(CNc4ncc(C#N)cc4F)CC3)cnc21. The Morgan fingerprint density at radius 2 is 2.07 bits per heavy atom. The number of halogens is 1. The molecule has 1 fully saturated rings. The van der Waals surface area contributed by atoms with E-state index >= 15 is 0 Å². The van der Waals surface area contributed by atoms with Gasteiger partial charge in [0, 0.05) is 44.5 Å². The highest BCUT2D eigenvalue weighted by atomic mass is 19.1. The van der Waals surface area contributed by atoms with Crippen LogP contribution in [0.15, 0.2) is 30.7 Å². The monoisotopic (exact) mass is 393 g/mol. The van der Waals surface area contributed by atoms with Crippen LogP contribution < -0.4 is 5.32 Å². The van der Waals surface area contributed by atoms with Crippen molar-refractivity contribution >= 4 is 22.8 Å². The molecular formula is C20H20FN7O. The minimum Gasteiger partial charge on any atom is -0.367 e. The van der Waals surface area contributed by atoms with Crippen molar-refractivity contribution in [3.63, 3.8) is 0 Å². The summed E-state index contributed by atoms with van der Waals surface area (Å²) in [5.74, 6) is -0.0994.